The molecule has 4 aliphatic rings. The number of rotatable bonds is 14. The highest BCUT2D eigenvalue weighted by atomic mass is 16.7. The fraction of sp³-hybridized carbons (Fsp3) is 0.732. The predicted octanol–water partition coefficient (Wildman–Crippen LogP) is 4.36. The Kier molecular flexibility index (Phi) is 19.6. The van der Waals surface area contributed by atoms with Crippen LogP contribution in [0.2, 0.25) is 0 Å². The van der Waals surface area contributed by atoms with Gasteiger partial charge in [0.15, 0.2) is 18.7 Å². The van der Waals surface area contributed by atoms with E-state index in [1.165, 1.54) is 14.0 Å². The second kappa shape index (κ2) is 25.0. The molecule has 1 aromatic carbocycles. The lowest BCUT2D eigenvalue weighted by Crippen LogP contribution is -2.61. The zero-order chi connectivity index (χ0) is 55.4. The Morgan fingerprint density at radius 3 is 2.30 bits per heavy atom. The number of likely N-dealkylation sites (N-methyl/N-ethyl adjacent to an activating group) is 2. The van der Waals surface area contributed by atoms with Crippen molar-refractivity contribution in [1.29, 1.82) is 0 Å². The molecule has 4 aliphatic heterocycles. The number of hydrogen-bond acceptors (Lipinski definition) is 19. The number of pyridine rings is 1. The van der Waals surface area contributed by atoms with Gasteiger partial charge in [-0.05, 0) is 110 Å². The van der Waals surface area contributed by atoms with Gasteiger partial charge >= 0.3 is 5.97 Å². The number of esters is 1. The summed E-state index contributed by atoms with van der Waals surface area (Å²) in [6, 6.07) is 11.1. The second-order valence-electron chi connectivity index (χ2n) is 23.2. The van der Waals surface area contributed by atoms with Gasteiger partial charge in [0.05, 0.1) is 59.5 Å². The molecule has 424 valence electrons. The minimum absolute atomic E-state index is 0.100. The molecular formula is C56H87N7O13. The lowest BCUT2D eigenvalue weighted by Gasteiger charge is -2.49. The molecule has 0 radical (unpaired) electrons. The summed E-state index contributed by atoms with van der Waals surface area (Å²) in [4.78, 5) is 28.6. The van der Waals surface area contributed by atoms with E-state index in [4.69, 9.17) is 33.3 Å². The van der Waals surface area contributed by atoms with Crippen LogP contribution < -0.4 is 0 Å². The number of cyclic esters (lactones) is 1. The molecule has 3 aromatic rings. The Labute approximate surface area is 449 Å². The number of aliphatic hydroxyl groups excluding tert-OH is 3. The van der Waals surface area contributed by atoms with Crippen LogP contribution in [-0.2, 0) is 51.0 Å². The number of aliphatic hydroxyl groups is 5. The number of aromatic nitrogens is 4. The maximum atomic E-state index is 14.5. The highest BCUT2D eigenvalue weighted by molar-refractivity contribution is 6.01. The third-order valence-corrected chi connectivity index (χ3v) is 16.8. The van der Waals surface area contributed by atoms with Crippen LogP contribution in [0, 0.1) is 17.8 Å². The maximum absolute atomic E-state index is 14.5. The van der Waals surface area contributed by atoms with E-state index in [0.29, 0.717) is 38.9 Å². The first kappa shape index (κ1) is 59.6. The molecule has 0 spiro atoms. The average molecular weight is 1070 g/mol. The molecule has 20 heteroatoms. The molecule has 3 fully saturated rings. The van der Waals surface area contributed by atoms with Gasteiger partial charge in [-0.25, -0.2) is 4.68 Å². The molecule has 2 unspecified atom stereocenters. The summed E-state index contributed by atoms with van der Waals surface area (Å²) >= 11 is 0. The number of methoxy groups -OCH3 is 1. The van der Waals surface area contributed by atoms with Crippen LogP contribution >= 0.6 is 0 Å². The molecule has 20 nitrogen and oxygen atoms in total. The van der Waals surface area contributed by atoms with Crippen LogP contribution in [0.1, 0.15) is 113 Å². The summed E-state index contributed by atoms with van der Waals surface area (Å²) in [5.41, 5.74) is 0.214. The van der Waals surface area contributed by atoms with Crippen LogP contribution in [0.3, 0.4) is 0 Å². The molecular weight excluding hydrogens is 979 g/mol. The van der Waals surface area contributed by atoms with Gasteiger partial charge in [0.2, 0.25) is 0 Å². The Hall–Kier alpha value is -4.03. The first-order valence-corrected chi connectivity index (χ1v) is 27.2. The zero-order valence-electron chi connectivity index (χ0n) is 46.9. The van der Waals surface area contributed by atoms with E-state index in [9.17, 15) is 30.3 Å². The van der Waals surface area contributed by atoms with Gasteiger partial charge in [-0.3, -0.25) is 9.78 Å². The molecule has 3 saturated heterocycles. The van der Waals surface area contributed by atoms with Gasteiger partial charge in [-0.15, -0.1) is 5.10 Å². The van der Waals surface area contributed by atoms with E-state index < -0.39 is 102 Å². The molecule has 0 aliphatic carbocycles. The number of hydrogen-bond donors (Lipinski definition) is 5. The molecule has 0 bridgehead atoms. The number of carbonyl (C=O) groups is 1. The van der Waals surface area contributed by atoms with Crippen LogP contribution in [0.4, 0.5) is 0 Å². The second-order valence-corrected chi connectivity index (χ2v) is 23.2. The fourth-order valence-electron chi connectivity index (χ4n) is 12.0. The summed E-state index contributed by atoms with van der Waals surface area (Å²) < 4.78 is 40.2. The summed E-state index contributed by atoms with van der Waals surface area (Å²) in [6.07, 6.45) is -2.64. The Bertz CT molecular complexity index is 2360. The zero-order valence-corrected chi connectivity index (χ0v) is 46.9. The third-order valence-electron chi connectivity index (χ3n) is 16.8. The fourth-order valence-corrected chi connectivity index (χ4v) is 12.0. The largest absolute Gasteiger partial charge is 0.459 e. The standard InChI is InChI=1S/C56H87N7O13/c1-14-45-56(10,69)49(65)36(6)62(12)29-32(2)26-54(8,68)51(34(4)48(35(5)52(67)73-45)74-46-27-55(9,70-13)50(66)37(7)72-46)75-53-47(64)44(24-33(3)71-53)61(11)23-21-41-30-63(60-58-41)31-42-25-43(59-76-42)39-19-17-38(18-20-39)40-16-15-22-57-28-40/h15-20,22,28,30,32-37,42,44-51,53,64-66,68-69H,14,21,23-27,29,31H2,1-13H3/t32-,33-,34?,35-,36-,37+,42+,44+,45-,46+,47-,48+,49?,50+,51-,53+,54-,55-,56-/m1/s1. The summed E-state index contributed by atoms with van der Waals surface area (Å²) in [5, 5.41) is 73.1. The van der Waals surface area contributed by atoms with Gasteiger partial charge in [-0.2, -0.15) is 0 Å². The van der Waals surface area contributed by atoms with E-state index in [1.807, 2.05) is 76.4 Å². The van der Waals surface area contributed by atoms with E-state index >= 15 is 0 Å². The van der Waals surface area contributed by atoms with Gasteiger partial charge in [-0.1, -0.05) is 61.5 Å². The monoisotopic (exact) mass is 1070 g/mol. The molecule has 2 aromatic heterocycles. The number of ether oxygens (including phenoxy) is 6. The molecule has 5 N–H and O–H groups in total. The van der Waals surface area contributed by atoms with E-state index in [0.717, 1.165) is 28.1 Å². The van der Waals surface area contributed by atoms with Gasteiger partial charge in [0.1, 0.15) is 30.0 Å². The van der Waals surface area contributed by atoms with Crippen molar-refractivity contribution in [1.82, 2.24) is 29.8 Å². The van der Waals surface area contributed by atoms with Crippen molar-refractivity contribution in [3.8, 4) is 11.1 Å². The number of benzene rings is 1. The first-order chi connectivity index (χ1) is 35.8. The van der Waals surface area contributed by atoms with Gasteiger partial charge < -0.3 is 68.6 Å². The smallest absolute Gasteiger partial charge is 0.311 e. The molecule has 76 heavy (non-hydrogen) atoms. The topological polar surface area (TPSA) is 245 Å². The van der Waals surface area contributed by atoms with Crippen molar-refractivity contribution in [2.75, 3.05) is 34.3 Å². The van der Waals surface area contributed by atoms with Crippen molar-refractivity contribution < 1.29 is 63.6 Å². The molecule has 6 heterocycles. The van der Waals surface area contributed by atoms with Crippen LogP contribution in [0.5, 0.6) is 0 Å². The Balaban J connectivity index is 1.07. The van der Waals surface area contributed by atoms with Gasteiger partial charge in [0, 0.05) is 76.1 Å². The lowest BCUT2D eigenvalue weighted by molar-refractivity contribution is -0.318. The predicted molar refractivity (Wildman–Crippen MR) is 283 cm³/mol. The van der Waals surface area contributed by atoms with Crippen molar-refractivity contribution >= 4 is 11.7 Å². The van der Waals surface area contributed by atoms with Crippen molar-refractivity contribution in [2.24, 2.45) is 22.9 Å². The minimum atomic E-state index is -1.84. The average Bonchev–Trinajstić information content (AvgIpc) is 4.06. The normalized spacial score (nSPS) is 39.5. The van der Waals surface area contributed by atoms with Crippen LogP contribution in [0.25, 0.3) is 11.1 Å². The van der Waals surface area contributed by atoms with Crippen molar-refractivity contribution in [3.63, 3.8) is 0 Å². The van der Waals surface area contributed by atoms with Gasteiger partial charge in [0.25, 0.3) is 0 Å². The maximum Gasteiger partial charge on any atom is 0.311 e. The molecule has 0 saturated carbocycles. The highest BCUT2D eigenvalue weighted by Crippen LogP contribution is 2.40. The molecule has 19 atom stereocenters. The minimum Gasteiger partial charge on any atom is -0.459 e. The van der Waals surface area contributed by atoms with E-state index in [2.05, 4.69) is 37.5 Å². The number of oxime groups is 1. The van der Waals surface area contributed by atoms with Crippen molar-refractivity contribution in [2.45, 2.75) is 211 Å². The Morgan fingerprint density at radius 2 is 1.63 bits per heavy atom. The SMILES string of the molecule is CC[C@H]1OC(=O)[C@H](C)[C@@H](O[C@H]2C[C@@](C)(OC)[C@@H](O)[C@H](C)O2)C(C)[C@@H](O[C@@H]2O[C@H](C)C[C@H](N(C)CCc3cn(C[C@@H]4CC(c5ccc(-c6cccnc6)cc5)=NO4)nn3)[C@H]2O)[C@](C)(O)C[C@@H](C)CN(C)[C@H](C)C(O)[C@]1(C)O. The van der Waals surface area contributed by atoms with Crippen molar-refractivity contribution in [3.05, 3.63) is 66.2 Å². The molecule has 7 rings (SSSR count). The number of carbonyl (C=O) groups excluding carboxylic acids is 1. The Morgan fingerprint density at radius 1 is 0.921 bits per heavy atom. The molecule has 0 amide bonds. The summed E-state index contributed by atoms with van der Waals surface area (Å²) in [6.45, 7) is 19.0. The highest BCUT2D eigenvalue weighted by Gasteiger charge is 2.53. The van der Waals surface area contributed by atoms with Crippen LogP contribution in [0.15, 0.2) is 60.1 Å². The first-order valence-electron chi connectivity index (χ1n) is 27.2. The number of nitrogens with zero attached hydrogens (tertiary/aromatic N) is 7. The third kappa shape index (κ3) is 13.7. The quantitative estimate of drug-likeness (QED) is 0.141. The van der Waals surface area contributed by atoms with E-state index in [1.54, 1.807) is 52.4 Å². The van der Waals surface area contributed by atoms with Crippen LogP contribution in [-0.4, -0.2) is 198 Å². The lowest BCUT2D eigenvalue weighted by atomic mass is 9.77. The van der Waals surface area contributed by atoms with E-state index in [-0.39, 0.29) is 37.4 Å². The summed E-state index contributed by atoms with van der Waals surface area (Å²) in [5.74, 6) is -2.79. The summed E-state index contributed by atoms with van der Waals surface area (Å²) in [7, 11) is 5.29.